The normalized spacial score (nSPS) is 45.0. The minimum absolute atomic E-state index is 0.395. The number of nitrogens with zero attached hydrogens (tertiary/aromatic N) is 1. The van der Waals surface area contributed by atoms with Crippen molar-refractivity contribution in [2.24, 2.45) is 23.5 Å². The molecule has 3 rings (SSSR count). The van der Waals surface area contributed by atoms with Gasteiger partial charge >= 0.3 is 0 Å². The lowest BCUT2D eigenvalue weighted by molar-refractivity contribution is -0.0523. The molecule has 2 aliphatic carbocycles. The van der Waals surface area contributed by atoms with E-state index in [1.807, 2.05) is 0 Å². The molecule has 0 aromatic rings. The highest BCUT2D eigenvalue weighted by molar-refractivity contribution is 5.08. The second kappa shape index (κ2) is 4.79. The Morgan fingerprint density at radius 2 is 1.89 bits per heavy atom. The van der Waals surface area contributed by atoms with Gasteiger partial charge in [-0.3, -0.25) is 4.90 Å². The first-order valence-corrected chi connectivity index (χ1v) is 8.13. The Bertz CT molecular complexity index is 293. The number of rotatable bonds is 3. The Morgan fingerprint density at radius 1 is 1.17 bits per heavy atom. The van der Waals surface area contributed by atoms with E-state index >= 15 is 0 Å². The average molecular weight is 250 g/mol. The summed E-state index contributed by atoms with van der Waals surface area (Å²) in [4.78, 5) is 2.86. The second-order valence-corrected chi connectivity index (χ2v) is 7.43. The van der Waals surface area contributed by atoms with E-state index < -0.39 is 0 Å². The van der Waals surface area contributed by atoms with Crippen molar-refractivity contribution in [2.75, 3.05) is 13.1 Å². The Balaban J connectivity index is 1.70. The molecule has 3 aliphatic rings. The van der Waals surface area contributed by atoms with Crippen molar-refractivity contribution >= 4 is 0 Å². The highest BCUT2D eigenvalue weighted by Crippen LogP contribution is 2.50. The summed E-state index contributed by atoms with van der Waals surface area (Å²) in [6.07, 6.45) is 10.0. The number of fused-ring (bicyclic) bond motifs is 1. The molecule has 0 aromatic carbocycles. The van der Waals surface area contributed by atoms with Gasteiger partial charge in [-0.2, -0.15) is 0 Å². The summed E-state index contributed by atoms with van der Waals surface area (Å²) < 4.78 is 0. The molecule has 1 saturated heterocycles. The van der Waals surface area contributed by atoms with Crippen LogP contribution >= 0.6 is 0 Å². The summed E-state index contributed by atoms with van der Waals surface area (Å²) in [5.74, 6) is 2.77. The van der Waals surface area contributed by atoms with Gasteiger partial charge < -0.3 is 5.73 Å². The van der Waals surface area contributed by atoms with Gasteiger partial charge in [0.25, 0.3) is 0 Å². The van der Waals surface area contributed by atoms with Crippen molar-refractivity contribution in [1.29, 1.82) is 0 Å². The fourth-order valence-corrected chi connectivity index (χ4v) is 4.90. The van der Waals surface area contributed by atoms with Crippen molar-refractivity contribution < 1.29 is 0 Å². The summed E-state index contributed by atoms with van der Waals surface area (Å²) in [6, 6.07) is 0.885. The Labute approximate surface area is 112 Å². The van der Waals surface area contributed by atoms with Crippen molar-refractivity contribution in [3.8, 4) is 0 Å². The van der Waals surface area contributed by atoms with Crippen LogP contribution in [0.3, 0.4) is 0 Å². The van der Waals surface area contributed by atoms with Gasteiger partial charge in [0.05, 0.1) is 0 Å². The molecule has 0 amide bonds. The van der Waals surface area contributed by atoms with Crippen LogP contribution in [0.5, 0.6) is 0 Å². The fraction of sp³-hybridized carbons (Fsp3) is 1.00. The van der Waals surface area contributed by atoms with Gasteiger partial charge in [-0.15, -0.1) is 0 Å². The molecule has 0 aromatic heterocycles. The molecule has 2 saturated carbocycles. The molecule has 3 fully saturated rings. The Morgan fingerprint density at radius 3 is 2.56 bits per heavy atom. The summed E-state index contributed by atoms with van der Waals surface area (Å²) in [5, 5.41) is 0. The number of hydrogen-bond acceptors (Lipinski definition) is 2. The first kappa shape index (κ1) is 12.9. The van der Waals surface area contributed by atoms with Gasteiger partial charge in [0.15, 0.2) is 0 Å². The molecule has 2 unspecified atom stereocenters. The zero-order chi connectivity index (χ0) is 12.8. The largest absolute Gasteiger partial charge is 0.329 e. The van der Waals surface area contributed by atoms with E-state index in [2.05, 4.69) is 18.7 Å². The quantitative estimate of drug-likeness (QED) is 0.834. The molecule has 18 heavy (non-hydrogen) atoms. The molecule has 2 atom stereocenters. The standard InChI is InChI=1S/C16H30N2/c1-12(2)14-9-16(10-14,11-17)18-8-7-13-5-3-4-6-15(13)18/h12-15H,3-11,17H2,1-2H3. The molecule has 104 valence electrons. The highest BCUT2D eigenvalue weighted by atomic mass is 15.3. The Hall–Kier alpha value is -0.0800. The lowest BCUT2D eigenvalue weighted by Crippen LogP contribution is -2.64. The number of hydrogen-bond donors (Lipinski definition) is 1. The average Bonchev–Trinajstić information content (AvgIpc) is 2.73. The van der Waals surface area contributed by atoms with Crippen LogP contribution in [-0.4, -0.2) is 29.6 Å². The molecule has 1 heterocycles. The monoisotopic (exact) mass is 250 g/mol. The lowest BCUT2D eigenvalue weighted by Gasteiger charge is -2.56. The van der Waals surface area contributed by atoms with Crippen molar-refractivity contribution in [3.05, 3.63) is 0 Å². The number of likely N-dealkylation sites (tertiary alicyclic amines) is 1. The van der Waals surface area contributed by atoms with Crippen LogP contribution in [0.4, 0.5) is 0 Å². The second-order valence-electron chi connectivity index (χ2n) is 7.43. The first-order valence-electron chi connectivity index (χ1n) is 8.13. The van der Waals surface area contributed by atoms with Gasteiger partial charge in [-0.1, -0.05) is 26.7 Å². The van der Waals surface area contributed by atoms with Crippen molar-refractivity contribution in [2.45, 2.75) is 70.4 Å². The SMILES string of the molecule is CC(C)C1CC(CN)(N2CCC3CCCCC32)C1. The number of nitrogens with two attached hydrogens (primary N) is 1. The third kappa shape index (κ3) is 1.92. The smallest absolute Gasteiger partial charge is 0.0340 e. The molecule has 2 heteroatoms. The highest BCUT2D eigenvalue weighted by Gasteiger charge is 2.53. The summed E-state index contributed by atoms with van der Waals surface area (Å²) in [7, 11) is 0. The summed E-state index contributed by atoms with van der Waals surface area (Å²) in [5.41, 5.74) is 6.59. The summed E-state index contributed by atoms with van der Waals surface area (Å²) >= 11 is 0. The van der Waals surface area contributed by atoms with E-state index in [1.54, 1.807) is 0 Å². The molecule has 0 spiro atoms. The minimum atomic E-state index is 0.395. The van der Waals surface area contributed by atoms with Gasteiger partial charge in [-0.25, -0.2) is 0 Å². The zero-order valence-corrected chi connectivity index (χ0v) is 12.2. The van der Waals surface area contributed by atoms with Crippen LogP contribution in [0, 0.1) is 17.8 Å². The predicted molar refractivity (Wildman–Crippen MR) is 76.4 cm³/mol. The van der Waals surface area contributed by atoms with Crippen LogP contribution in [0.1, 0.15) is 58.8 Å². The van der Waals surface area contributed by atoms with E-state index in [0.717, 1.165) is 30.3 Å². The van der Waals surface area contributed by atoms with Crippen molar-refractivity contribution in [3.63, 3.8) is 0 Å². The first-order chi connectivity index (χ1) is 8.66. The maximum atomic E-state index is 6.19. The molecule has 0 bridgehead atoms. The van der Waals surface area contributed by atoms with E-state index in [0.29, 0.717) is 5.54 Å². The van der Waals surface area contributed by atoms with E-state index in [9.17, 15) is 0 Å². The Kier molecular flexibility index (Phi) is 3.44. The van der Waals surface area contributed by atoms with Crippen LogP contribution in [0.2, 0.25) is 0 Å². The van der Waals surface area contributed by atoms with Crippen LogP contribution in [0.25, 0.3) is 0 Å². The molecular weight excluding hydrogens is 220 g/mol. The molecule has 1 aliphatic heterocycles. The summed E-state index contributed by atoms with van der Waals surface area (Å²) in [6.45, 7) is 6.97. The zero-order valence-electron chi connectivity index (χ0n) is 12.2. The fourth-order valence-electron chi connectivity index (χ4n) is 4.90. The predicted octanol–water partition coefficient (Wildman–Crippen LogP) is 3.01. The van der Waals surface area contributed by atoms with E-state index in [1.165, 1.54) is 51.5 Å². The maximum absolute atomic E-state index is 6.19. The molecular formula is C16H30N2. The van der Waals surface area contributed by atoms with Crippen LogP contribution in [-0.2, 0) is 0 Å². The third-order valence-corrected chi connectivity index (χ3v) is 6.23. The van der Waals surface area contributed by atoms with Crippen molar-refractivity contribution in [1.82, 2.24) is 4.90 Å². The topological polar surface area (TPSA) is 29.3 Å². The van der Waals surface area contributed by atoms with Gasteiger partial charge in [-0.05, 0) is 56.4 Å². The van der Waals surface area contributed by atoms with Gasteiger partial charge in [0.1, 0.15) is 0 Å². The third-order valence-electron chi connectivity index (χ3n) is 6.23. The van der Waals surface area contributed by atoms with Crippen LogP contribution in [0.15, 0.2) is 0 Å². The van der Waals surface area contributed by atoms with E-state index in [4.69, 9.17) is 5.73 Å². The minimum Gasteiger partial charge on any atom is -0.329 e. The molecule has 2 nitrogen and oxygen atoms in total. The van der Waals surface area contributed by atoms with Gasteiger partial charge in [0.2, 0.25) is 0 Å². The van der Waals surface area contributed by atoms with Crippen LogP contribution < -0.4 is 5.73 Å². The lowest BCUT2D eigenvalue weighted by atomic mass is 9.62. The van der Waals surface area contributed by atoms with Gasteiger partial charge in [0, 0.05) is 18.1 Å². The molecule has 2 N–H and O–H groups in total. The van der Waals surface area contributed by atoms with E-state index in [-0.39, 0.29) is 0 Å². The molecule has 0 radical (unpaired) electrons. The maximum Gasteiger partial charge on any atom is 0.0340 e.